The van der Waals surface area contributed by atoms with Gasteiger partial charge in [-0.1, -0.05) is 37.2 Å². The van der Waals surface area contributed by atoms with Gasteiger partial charge >= 0.3 is 0 Å². The van der Waals surface area contributed by atoms with Gasteiger partial charge in [-0.2, -0.15) is 10.5 Å². The van der Waals surface area contributed by atoms with Crippen LogP contribution in [0.5, 0.6) is 0 Å². The van der Waals surface area contributed by atoms with Crippen LogP contribution in [0, 0.1) is 40.9 Å². The van der Waals surface area contributed by atoms with E-state index in [2.05, 4.69) is 16.7 Å². The van der Waals surface area contributed by atoms with Crippen molar-refractivity contribution < 1.29 is 9.59 Å². The minimum Gasteiger partial charge on any atom is -0.325 e. The maximum absolute atomic E-state index is 12.2. The monoisotopic (exact) mass is 388 g/mol. The van der Waals surface area contributed by atoms with Crippen molar-refractivity contribution in [2.45, 2.75) is 20.8 Å². The minimum absolute atomic E-state index is 0.0101. The number of hydrogen-bond acceptors (Lipinski definition) is 5. The molecular formula is C18H17ClN4O2S. The van der Waals surface area contributed by atoms with E-state index >= 15 is 0 Å². The Morgan fingerprint density at radius 3 is 2.69 bits per heavy atom. The highest BCUT2D eigenvalue weighted by atomic mass is 35.5. The maximum Gasteiger partial charge on any atom is 0.243 e. The third-order valence-corrected chi connectivity index (χ3v) is 5.38. The molecule has 134 valence electrons. The number of allylic oxidation sites excluding steroid dienone is 1. The summed E-state index contributed by atoms with van der Waals surface area (Å²) in [6.45, 7) is 5.18. The largest absolute Gasteiger partial charge is 0.325 e. The summed E-state index contributed by atoms with van der Waals surface area (Å²) in [7, 11) is 0. The van der Waals surface area contributed by atoms with Crippen LogP contribution < -0.4 is 10.6 Å². The summed E-state index contributed by atoms with van der Waals surface area (Å²) in [6, 6.07) is 9.14. The topological polar surface area (TPSA) is 106 Å². The summed E-state index contributed by atoms with van der Waals surface area (Å²) in [4.78, 5) is 24.3. The number of halogens is 1. The average molecular weight is 389 g/mol. The first-order chi connectivity index (χ1) is 12.2. The summed E-state index contributed by atoms with van der Waals surface area (Å²) in [6.07, 6.45) is 0. The molecule has 0 spiro atoms. The van der Waals surface area contributed by atoms with Crippen LogP contribution in [0.15, 0.2) is 28.8 Å². The molecule has 26 heavy (non-hydrogen) atoms. The molecule has 1 aliphatic heterocycles. The Morgan fingerprint density at radius 2 is 2.12 bits per heavy atom. The van der Waals surface area contributed by atoms with E-state index in [9.17, 15) is 20.1 Å². The zero-order chi connectivity index (χ0) is 19.5. The molecular weight excluding hydrogens is 372 g/mol. The van der Waals surface area contributed by atoms with Gasteiger partial charge in [0, 0.05) is 16.1 Å². The lowest BCUT2D eigenvalue weighted by atomic mass is 9.72. The Balaban J connectivity index is 2.13. The first-order valence-electron chi connectivity index (χ1n) is 7.74. The number of carbonyl (C=O) groups excluding carboxylic acids is 2. The van der Waals surface area contributed by atoms with E-state index in [1.54, 1.807) is 32.0 Å². The Kier molecular flexibility index (Phi) is 5.97. The molecule has 0 aromatic heterocycles. The van der Waals surface area contributed by atoms with Crippen molar-refractivity contribution in [2.24, 2.45) is 11.3 Å². The molecule has 1 heterocycles. The fourth-order valence-electron chi connectivity index (χ4n) is 2.63. The molecule has 2 N–H and O–H groups in total. The van der Waals surface area contributed by atoms with Gasteiger partial charge in [0.1, 0.15) is 5.92 Å². The smallest absolute Gasteiger partial charge is 0.243 e. The molecule has 0 unspecified atom stereocenters. The molecule has 1 aliphatic rings. The SMILES string of the molecule is Cc1cc(Cl)ccc1NC(=O)CSC1=C(C#N)C(C)(C)[C@H](C#N)C(=O)N1. The number of hydrogen-bond donors (Lipinski definition) is 2. The third kappa shape index (κ3) is 4.01. The number of amides is 2. The number of nitrogens with zero attached hydrogens (tertiary/aromatic N) is 2. The summed E-state index contributed by atoms with van der Waals surface area (Å²) >= 11 is 6.96. The van der Waals surface area contributed by atoms with Gasteiger partial charge in [0.15, 0.2) is 0 Å². The lowest BCUT2D eigenvalue weighted by molar-refractivity contribution is -0.125. The van der Waals surface area contributed by atoms with Crippen LogP contribution >= 0.6 is 23.4 Å². The Bertz CT molecular complexity index is 880. The molecule has 2 rings (SSSR count). The highest BCUT2D eigenvalue weighted by molar-refractivity contribution is 8.03. The Hall–Kier alpha value is -2.48. The molecule has 0 saturated carbocycles. The van der Waals surface area contributed by atoms with E-state index in [0.29, 0.717) is 21.3 Å². The lowest BCUT2D eigenvalue weighted by Crippen LogP contribution is -2.44. The highest BCUT2D eigenvalue weighted by Gasteiger charge is 2.44. The molecule has 8 heteroatoms. The fraction of sp³-hybridized carbons (Fsp3) is 0.333. The first kappa shape index (κ1) is 19.8. The van der Waals surface area contributed by atoms with Gasteiger partial charge in [-0.05, 0) is 30.7 Å². The number of carbonyl (C=O) groups is 2. The van der Waals surface area contributed by atoms with Crippen LogP contribution in [-0.2, 0) is 9.59 Å². The van der Waals surface area contributed by atoms with Crippen LogP contribution in [0.2, 0.25) is 5.02 Å². The molecule has 0 bridgehead atoms. The second kappa shape index (κ2) is 7.82. The van der Waals surface area contributed by atoms with Gasteiger partial charge in [-0.15, -0.1) is 0 Å². The number of anilines is 1. The zero-order valence-electron chi connectivity index (χ0n) is 14.5. The predicted octanol–water partition coefficient (Wildman–Crippen LogP) is 3.35. The number of aryl methyl sites for hydroxylation is 1. The zero-order valence-corrected chi connectivity index (χ0v) is 16.1. The molecule has 1 atom stereocenters. The van der Waals surface area contributed by atoms with Gasteiger partial charge in [0.25, 0.3) is 0 Å². The van der Waals surface area contributed by atoms with E-state index < -0.39 is 17.2 Å². The normalized spacial score (nSPS) is 18.5. The highest BCUT2D eigenvalue weighted by Crippen LogP contribution is 2.41. The molecule has 0 radical (unpaired) electrons. The van der Waals surface area contributed by atoms with E-state index in [1.807, 2.05) is 13.0 Å². The van der Waals surface area contributed by atoms with Crippen molar-refractivity contribution in [3.05, 3.63) is 39.4 Å². The second-order valence-corrected chi connectivity index (χ2v) is 7.81. The van der Waals surface area contributed by atoms with Crippen molar-refractivity contribution in [3.63, 3.8) is 0 Å². The molecule has 0 fully saturated rings. The average Bonchev–Trinajstić information content (AvgIpc) is 2.55. The number of rotatable bonds is 4. The van der Waals surface area contributed by atoms with Crippen LogP contribution in [-0.4, -0.2) is 17.6 Å². The molecule has 1 aromatic rings. The number of benzene rings is 1. The van der Waals surface area contributed by atoms with Gasteiger partial charge in [0.2, 0.25) is 11.8 Å². The van der Waals surface area contributed by atoms with Crippen LogP contribution in [0.1, 0.15) is 19.4 Å². The minimum atomic E-state index is -0.952. The van der Waals surface area contributed by atoms with Gasteiger partial charge in [-0.25, -0.2) is 0 Å². The summed E-state index contributed by atoms with van der Waals surface area (Å²) in [5.41, 5.74) is 0.852. The fourth-order valence-corrected chi connectivity index (χ4v) is 3.83. The van der Waals surface area contributed by atoms with Gasteiger partial charge in [0.05, 0.1) is 28.5 Å². The van der Waals surface area contributed by atoms with Crippen molar-refractivity contribution in [2.75, 3.05) is 11.1 Å². The van der Waals surface area contributed by atoms with E-state index in [1.165, 1.54) is 0 Å². The number of nitriles is 2. The summed E-state index contributed by atoms with van der Waals surface area (Å²) in [5, 5.41) is 24.9. The van der Waals surface area contributed by atoms with Gasteiger partial charge < -0.3 is 10.6 Å². The molecule has 2 amide bonds. The van der Waals surface area contributed by atoms with E-state index in [4.69, 9.17) is 11.6 Å². The predicted molar refractivity (Wildman–Crippen MR) is 101 cm³/mol. The van der Waals surface area contributed by atoms with Crippen LogP contribution in [0.3, 0.4) is 0 Å². The molecule has 0 saturated heterocycles. The number of nitrogens with one attached hydrogen (secondary N) is 2. The van der Waals surface area contributed by atoms with Gasteiger partial charge in [-0.3, -0.25) is 9.59 Å². The number of thioether (sulfide) groups is 1. The van der Waals surface area contributed by atoms with Crippen LogP contribution in [0.25, 0.3) is 0 Å². The quantitative estimate of drug-likeness (QED) is 0.822. The van der Waals surface area contributed by atoms with Crippen molar-refractivity contribution in [3.8, 4) is 12.1 Å². The Morgan fingerprint density at radius 1 is 1.42 bits per heavy atom. The third-order valence-electron chi connectivity index (χ3n) is 4.14. The standard InChI is InChI=1S/C18H17ClN4O2S/c1-10-6-11(19)4-5-14(10)22-15(24)9-26-17-13(8-21)18(2,3)12(7-20)16(25)23-17/h4-6,12H,9H2,1-3H3,(H,22,24)(H,23,25)/t12-/m1/s1. The molecule has 6 nitrogen and oxygen atoms in total. The second-order valence-electron chi connectivity index (χ2n) is 6.39. The molecule has 0 aliphatic carbocycles. The summed E-state index contributed by atoms with van der Waals surface area (Å²) in [5.74, 6) is -1.68. The van der Waals surface area contributed by atoms with Crippen LogP contribution in [0.4, 0.5) is 5.69 Å². The van der Waals surface area contributed by atoms with Crippen molar-refractivity contribution in [1.29, 1.82) is 10.5 Å². The van der Waals surface area contributed by atoms with Crippen molar-refractivity contribution in [1.82, 2.24) is 5.32 Å². The summed E-state index contributed by atoms with van der Waals surface area (Å²) < 4.78 is 0. The van der Waals surface area contributed by atoms with Crippen molar-refractivity contribution >= 4 is 40.9 Å². The molecule has 1 aromatic carbocycles. The Labute approximate surface area is 161 Å². The lowest BCUT2D eigenvalue weighted by Gasteiger charge is -2.34. The first-order valence-corrected chi connectivity index (χ1v) is 9.11. The maximum atomic E-state index is 12.2. The van der Waals surface area contributed by atoms with E-state index in [0.717, 1.165) is 17.3 Å². The van der Waals surface area contributed by atoms with E-state index in [-0.39, 0.29) is 11.7 Å².